The lowest BCUT2D eigenvalue weighted by Gasteiger charge is -2.10. The van der Waals surface area contributed by atoms with Gasteiger partial charge in [0.1, 0.15) is 0 Å². The van der Waals surface area contributed by atoms with Crippen LogP contribution >= 0.6 is 11.6 Å². The van der Waals surface area contributed by atoms with Crippen molar-refractivity contribution in [1.29, 1.82) is 0 Å². The van der Waals surface area contributed by atoms with Crippen molar-refractivity contribution >= 4 is 11.6 Å². The van der Waals surface area contributed by atoms with E-state index in [1.54, 1.807) is 12.1 Å². The minimum Gasteiger partial charge on any atom is -0.475 e. The number of rotatable bonds is 4. The highest BCUT2D eigenvalue weighted by molar-refractivity contribution is 6.31. The quantitative estimate of drug-likeness (QED) is 0.835. The molecule has 0 saturated carbocycles. The minimum absolute atomic E-state index is 0.131. The molecule has 4 heteroatoms. The first kappa shape index (κ1) is 11.3. The molecule has 1 aromatic rings. The van der Waals surface area contributed by atoms with E-state index in [4.69, 9.17) is 16.3 Å². The molecule has 0 bridgehead atoms. The largest absolute Gasteiger partial charge is 0.475 e. The third-order valence-corrected chi connectivity index (χ3v) is 1.94. The van der Waals surface area contributed by atoms with Crippen LogP contribution in [-0.4, -0.2) is 18.1 Å². The molecule has 14 heavy (non-hydrogen) atoms. The maximum atomic E-state index is 5.95. The SMILES string of the molecule is CNCc1nc(OC(C)C)ccc1Cl. The lowest BCUT2D eigenvalue weighted by Crippen LogP contribution is -2.11. The molecule has 0 atom stereocenters. The number of pyridine rings is 1. The van der Waals surface area contributed by atoms with Crippen LogP contribution in [0.2, 0.25) is 5.02 Å². The molecule has 1 rings (SSSR count). The summed E-state index contributed by atoms with van der Waals surface area (Å²) >= 11 is 5.95. The fourth-order valence-corrected chi connectivity index (χ4v) is 1.23. The van der Waals surface area contributed by atoms with Crippen LogP contribution in [0.15, 0.2) is 12.1 Å². The number of hydrogen-bond acceptors (Lipinski definition) is 3. The van der Waals surface area contributed by atoms with E-state index in [0.29, 0.717) is 17.4 Å². The summed E-state index contributed by atoms with van der Waals surface area (Å²) in [5.74, 6) is 0.620. The van der Waals surface area contributed by atoms with Gasteiger partial charge in [-0.3, -0.25) is 0 Å². The van der Waals surface area contributed by atoms with Gasteiger partial charge in [-0.2, -0.15) is 0 Å². The summed E-state index contributed by atoms with van der Waals surface area (Å²) in [6, 6.07) is 3.58. The van der Waals surface area contributed by atoms with Gasteiger partial charge < -0.3 is 10.1 Å². The van der Waals surface area contributed by atoms with Crippen LogP contribution in [0, 0.1) is 0 Å². The van der Waals surface area contributed by atoms with Crippen molar-refractivity contribution in [2.75, 3.05) is 7.05 Å². The highest BCUT2D eigenvalue weighted by Gasteiger charge is 2.04. The Hall–Kier alpha value is -0.800. The van der Waals surface area contributed by atoms with Crippen molar-refractivity contribution in [3.8, 4) is 5.88 Å². The molecule has 1 heterocycles. The van der Waals surface area contributed by atoms with E-state index in [-0.39, 0.29) is 6.10 Å². The van der Waals surface area contributed by atoms with Crippen LogP contribution in [0.4, 0.5) is 0 Å². The van der Waals surface area contributed by atoms with Gasteiger partial charge in [-0.15, -0.1) is 0 Å². The van der Waals surface area contributed by atoms with Crippen molar-refractivity contribution in [2.45, 2.75) is 26.5 Å². The van der Waals surface area contributed by atoms with E-state index in [1.807, 2.05) is 20.9 Å². The molecule has 0 aliphatic carbocycles. The molecule has 0 aliphatic heterocycles. The van der Waals surface area contributed by atoms with Gasteiger partial charge in [0.25, 0.3) is 0 Å². The van der Waals surface area contributed by atoms with Gasteiger partial charge in [0.05, 0.1) is 16.8 Å². The van der Waals surface area contributed by atoms with Crippen LogP contribution in [0.25, 0.3) is 0 Å². The first-order valence-corrected chi connectivity index (χ1v) is 4.98. The maximum Gasteiger partial charge on any atom is 0.213 e. The molecule has 0 unspecified atom stereocenters. The van der Waals surface area contributed by atoms with Crippen LogP contribution in [-0.2, 0) is 6.54 Å². The zero-order valence-corrected chi connectivity index (χ0v) is 9.43. The van der Waals surface area contributed by atoms with Crippen LogP contribution in [0.3, 0.4) is 0 Å². The van der Waals surface area contributed by atoms with Crippen molar-refractivity contribution in [1.82, 2.24) is 10.3 Å². The van der Waals surface area contributed by atoms with E-state index < -0.39 is 0 Å². The van der Waals surface area contributed by atoms with Crippen molar-refractivity contribution in [3.63, 3.8) is 0 Å². The van der Waals surface area contributed by atoms with Gasteiger partial charge in [0, 0.05) is 12.6 Å². The Morgan fingerprint density at radius 2 is 2.21 bits per heavy atom. The van der Waals surface area contributed by atoms with Crippen molar-refractivity contribution in [2.24, 2.45) is 0 Å². The molecule has 78 valence electrons. The summed E-state index contributed by atoms with van der Waals surface area (Å²) in [5, 5.41) is 3.67. The normalized spacial score (nSPS) is 10.6. The Balaban J connectivity index is 2.83. The Morgan fingerprint density at radius 3 is 2.79 bits per heavy atom. The highest BCUT2D eigenvalue weighted by atomic mass is 35.5. The van der Waals surface area contributed by atoms with Crippen LogP contribution < -0.4 is 10.1 Å². The molecule has 0 spiro atoms. The monoisotopic (exact) mass is 214 g/mol. The maximum absolute atomic E-state index is 5.95. The molecule has 0 aliphatic rings. The third-order valence-electron chi connectivity index (χ3n) is 1.59. The second kappa shape index (κ2) is 5.17. The molecule has 0 fully saturated rings. The molecule has 1 N–H and O–H groups in total. The van der Waals surface area contributed by atoms with Gasteiger partial charge in [-0.1, -0.05) is 11.6 Å². The third kappa shape index (κ3) is 3.16. The first-order chi connectivity index (χ1) is 6.63. The zero-order valence-electron chi connectivity index (χ0n) is 8.67. The van der Waals surface area contributed by atoms with E-state index in [9.17, 15) is 0 Å². The lowest BCUT2D eigenvalue weighted by molar-refractivity contribution is 0.232. The molecule has 0 amide bonds. The molecule has 0 radical (unpaired) electrons. The zero-order chi connectivity index (χ0) is 10.6. The molecular formula is C10H15ClN2O. The van der Waals surface area contributed by atoms with Crippen molar-refractivity contribution in [3.05, 3.63) is 22.8 Å². The summed E-state index contributed by atoms with van der Waals surface area (Å²) in [6.07, 6.45) is 0.131. The molecule has 1 aromatic heterocycles. The number of hydrogen-bond donors (Lipinski definition) is 1. The Labute approximate surface area is 89.4 Å². The highest BCUT2D eigenvalue weighted by Crippen LogP contribution is 2.18. The standard InChI is InChI=1S/C10H15ClN2O/c1-7(2)14-10-5-4-8(11)9(13-10)6-12-3/h4-5,7,12H,6H2,1-3H3. The van der Waals surface area contributed by atoms with Crippen LogP contribution in [0.5, 0.6) is 5.88 Å². The van der Waals surface area contributed by atoms with Crippen LogP contribution in [0.1, 0.15) is 19.5 Å². The minimum atomic E-state index is 0.131. The second-order valence-corrected chi connectivity index (χ2v) is 3.68. The Morgan fingerprint density at radius 1 is 1.50 bits per heavy atom. The second-order valence-electron chi connectivity index (χ2n) is 3.27. The average molecular weight is 215 g/mol. The van der Waals surface area contributed by atoms with Gasteiger partial charge in [0.2, 0.25) is 5.88 Å². The fourth-order valence-electron chi connectivity index (χ4n) is 1.06. The number of halogens is 1. The Bertz CT molecular complexity index is 302. The molecule has 3 nitrogen and oxygen atoms in total. The van der Waals surface area contributed by atoms with E-state index >= 15 is 0 Å². The number of nitrogens with zero attached hydrogens (tertiary/aromatic N) is 1. The fraction of sp³-hybridized carbons (Fsp3) is 0.500. The Kier molecular flexibility index (Phi) is 4.17. The van der Waals surface area contributed by atoms with E-state index in [2.05, 4.69) is 10.3 Å². The molecule has 0 aromatic carbocycles. The van der Waals surface area contributed by atoms with Gasteiger partial charge in [-0.25, -0.2) is 4.98 Å². The van der Waals surface area contributed by atoms with Gasteiger partial charge >= 0.3 is 0 Å². The average Bonchev–Trinajstić information content (AvgIpc) is 2.10. The first-order valence-electron chi connectivity index (χ1n) is 4.60. The predicted molar refractivity (Wildman–Crippen MR) is 57.8 cm³/mol. The number of aromatic nitrogens is 1. The van der Waals surface area contributed by atoms with Gasteiger partial charge in [0.15, 0.2) is 0 Å². The molecular weight excluding hydrogens is 200 g/mol. The summed E-state index contributed by atoms with van der Waals surface area (Å²) in [5.41, 5.74) is 0.812. The number of ether oxygens (including phenoxy) is 1. The van der Waals surface area contributed by atoms with E-state index in [1.165, 1.54) is 0 Å². The summed E-state index contributed by atoms with van der Waals surface area (Å²) in [6.45, 7) is 4.58. The summed E-state index contributed by atoms with van der Waals surface area (Å²) < 4.78 is 5.46. The number of nitrogens with one attached hydrogen (secondary N) is 1. The summed E-state index contributed by atoms with van der Waals surface area (Å²) in [4.78, 5) is 4.29. The van der Waals surface area contributed by atoms with Gasteiger partial charge in [-0.05, 0) is 27.0 Å². The topological polar surface area (TPSA) is 34.2 Å². The smallest absolute Gasteiger partial charge is 0.213 e. The van der Waals surface area contributed by atoms with E-state index in [0.717, 1.165) is 5.69 Å². The molecule has 0 saturated heterocycles. The summed E-state index contributed by atoms with van der Waals surface area (Å²) in [7, 11) is 1.86. The van der Waals surface area contributed by atoms with Crippen molar-refractivity contribution < 1.29 is 4.74 Å². The lowest BCUT2D eigenvalue weighted by atomic mass is 10.3. The predicted octanol–water partition coefficient (Wildman–Crippen LogP) is 2.24.